The molecule has 0 unspecified atom stereocenters. The molecule has 0 aliphatic heterocycles. The molecule has 0 saturated carbocycles. The van der Waals surface area contributed by atoms with Crippen LogP contribution in [0.1, 0.15) is 11.5 Å². The van der Waals surface area contributed by atoms with E-state index >= 15 is 0 Å². The Balaban J connectivity index is 2.06. The lowest BCUT2D eigenvalue weighted by molar-refractivity contribution is 0.244. The van der Waals surface area contributed by atoms with Gasteiger partial charge >= 0.3 is 0 Å². The Morgan fingerprint density at radius 2 is 1.89 bits per heavy atom. The molecule has 1 aromatic heterocycles. The molecule has 5 nitrogen and oxygen atoms in total. The van der Waals surface area contributed by atoms with Crippen LogP contribution in [0.4, 0.5) is 5.69 Å². The Bertz CT molecular complexity index is 536. The van der Waals surface area contributed by atoms with E-state index in [0.29, 0.717) is 18.1 Å². The zero-order chi connectivity index (χ0) is 13.7. The van der Waals surface area contributed by atoms with E-state index in [4.69, 9.17) is 19.0 Å². The summed E-state index contributed by atoms with van der Waals surface area (Å²) in [5, 5.41) is 12.1. The van der Waals surface area contributed by atoms with Crippen molar-refractivity contribution in [2.45, 2.75) is 13.2 Å². The molecule has 0 aliphatic rings. The fourth-order valence-electron chi connectivity index (χ4n) is 1.73. The van der Waals surface area contributed by atoms with Crippen molar-refractivity contribution in [2.24, 2.45) is 0 Å². The zero-order valence-electron chi connectivity index (χ0n) is 11.0. The molecular weight excluding hydrogens is 246 g/mol. The number of aliphatic hydroxyl groups excluding tert-OH is 1. The summed E-state index contributed by atoms with van der Waals surface area (Å²) in [5.74, 6) is 2.75. The van der Waals surface area contributed by atoms with Crippen LogP contribution in [0.2, 0.25) is 0 Å². The molecule has 0 spiro atoms. The number of hydrogen-bond donors (Lipinski definition) is 2. The van der Waals surface area contributed by atoms with Crippen LogP contribution in [0.25, 0.3) is 0 Å². The number of hydrogen-bond acceptors (Lipinski definition) is 5. The molecule has 0 amide bonds. The topological polar surface area (TPSA) is 63.9 Å². The molecule has 0 aliphatic carbocycles. The second-order valence-corrected chi connectivity index (χ2v) is 3.95. The van der Waals surface area contributed by atoms with E-state index in [0.717, 1.165) is 17.2 Å². The predicted molar refractivity (Wildman–Crippen MR) is 71.5 cm³/mol. The highest BCUT2D eigenvalue weighted by molar-refractivity contribution is 5.59. The fraction of sp³-hybridized carbons (Fsp3) is 0.286. The van der Waals surface area contributed by atoms with Crippen molar-refractivity contribution < 1.29 is 19.0 Å². The Morgan fingerprint density at radius 3 is 2.53 bits per heavy atom. The monoisotopic (exact) mass is 263 g/mol. The maximum Gasteiger partial charge on any atom is 0.145 e. The average Bonchev–Trinajstić information content (AvgIpc) is 2.92. The number of aliphatic hydroxyl groups is 1. The number of benzene rings is 1. The summed E-state index contributed by atoms with van der Waals surface area (Å²) in [6, 6.07) is 9.13. The minimum atomic E-state index is -0.0914. The Morgan fingerprint density at radius 1 is 1.11 bits per heavy atom. The van der Waals surface area contributed by atoms with E-state index in [9.17, 15) is 0 Å². The minimum Gasteiger partial charge on any atom is -0.497 e. The summed E-state index contributed by atoms with van der Waals surface area (Å²) in [5.41, 5.74) is 0.852. The lowest BCUT2D eigenvalue weighted by Crippen LogP contribution is -2.00. The first kappa shape index (κ1) is 13.3. The molecule has 0 bridgehead atoms. The molecule has 0 radical (unpaired) electrons. The molecule has 1 aromatic carbocycles. The molecule has 2 aromatic rings. The van der Waals surface area contributed by atoms with Crippen LogP contribution in [0.15, 0.2) is 34.7 Å². The van der Waals surface area contributed by atoms with Crippen molar-refractivity contribution in [1.29, 1.82) is 0 Å². The van der Waals surface area contributed by atoms with Crippen molar-refractivity contribution in [2.75, 3.05) is 19.5 Å². The Labute approximate surface area is 111 Å². The van der Waals surface area contributed by atoms with E-state index in [2.05, 4.69) is 5.32 Å². The fourth-order valence-corrected chi connectivity index (χ4v) is 1.73. The van der Waals surface area contributed by atoms with Crippen LogP contribution >= 0.6 is 0 Å². The van der Waals surface area contributed by atoms with E-state index in [1.807, 2.05) is 24.3 Å². The van der Waals surface area contributed by atoms with Crippen LogP contribution in [-0.2, 0) is 13.2 Å². The largest absolute Gasteiger partial charge is 0.497 e. The van der Waals surface area contributed by atoms with Crippen LogP contribution in [0.5, 0.6) is 11.5 Å². The second-order valence-electron chi connectivity index (χ2n) is 3.95. The maximum atomic E-state index is 8.93. The molecule has 2 rings (SSSR count). The van der Waals surface area contributed by atoms with Gasteiger partial charge in [-0.25, -0.2) is 0 Å². The van der Waals surface area contributed by atoms with Gasteiger partial charge in [-0.15, -0.1) is 0 Å². The minimum absolute atomic E-state index is 0.0914. The van der Waals surface area contributed by atoms with Crippen LogP contribution in [-0.4, -0.2) is 19.3 Å². The van der Waals surface area contributed by atoms with Crippen molar-refractivity contribution in [3.63, 3.8) is 0 Å². The van der Waals surface area contributed by atoms with Gasteiger partial charge in [0, 0.05) is 6.07 Å². The standard InChI is InChI=1S/C14H17NO4/c1-17-10-5-6-13(14(7-10)18-2)15-8-11-3-4-12(9-16)19-11/h3-7,15-16H,8-9H2,1-2H3. The first-order valence-corrected chi connectivity index (χ1v) is 5.91. The highest BCUT2D eigenvalue weighted by Crippen LogP contribution is 2.29. The maximum absolute atomic E-state index is 8.93. The van der Waals surface area contributed by atoms with Gasteiger partial charge in [0.1, 0.15) is 29.6 Å². The van der Waals surface area contributed by atoms with E-state index in [1.54, 1.807) is 20.3 Å². The third-order valence-electron chi connectivity index (χ3n) is 2.73. The van der Waals surface area contributed by atoms with Crippen molar-refractivity contribution in [3.8, 4) is 11.5 Å². The van der Waals surface area contributed by atoms with Crippen LogP contribution < -0.4 is 14.8 Å². The van der Waals surface area contributed by atoms with Crippen molar-refractivity contribution >= 4 is 5.69 Å². The van der Waals surface area contributed by atoms with Crippen molar-refractivity contribution in [3.05, 3.63) is 41.9 Å². The first-order chi connectivity index (χ1) is 9.26. The molecule has 1 heterocycles. The van der Waals surface area contributed by atoms with E-state index in [-0.39, 0.29) is 6.61 Å². The Hall–Kier alpha value is -2.14. The number of ether oxygens (including phenoxy) is 2. The SMILES string of the molecule is COc1ccc(NCc2ccc(CO)o2)c(OC)c1. The van der Waals surface area contributed by atoms with Gasteiger partial charge in [-0.05, 0) is 24.3 Å². The van der Waals surface area contributed by atoms with Gasteiger partial charge in [0.2, 0.25) is 0 Å². The van der Waals surface area contributed by atoms with Crippen LogP contribution in [0, 0.1) is 0 Å². The summed E-state index contributed by atoms with van der Waals surface area (Å²) in [4.78, 5) is 0. The summed E-state index contributed by atoms with van der Waals surface area (Å²) < 4.78 is 15.8. The first-order valence-electron chi connectivity index (χ1n) is 5.91. The number of rotatable bonds is 6. The van der Waals surface area contributed by atoms with Gasteiger partial charge in [0.05, 0.1) is 26.5 Å². The molecule has 102 valence electrons. The third-order valence-corrected chi connectivity index (χ3v) is 2.73. The molecule has 0 saturated heterocycles. The molecule has 2 N–H and O–H groups in total. The molecule has 0 atom stereocenters. The van der Waals surface area contributed by atoms with Gasteiger partial charge in [-0.2, -0.15) is 0 Å². The van der Waals surface area contributed by atoms with Gasteiger partial charge in [-0.3, -0.25) is 0 Å². The predicted octanol–water partition coefficient (Wildman–Crippen LogP) is 2.40. The lowest BCUT2D eigenvalue weighted by Gasteiger charge is -2.11. The van der Waals surface area contributed by atoms with E-state index in [1.165, 1.54) is 0 Å². The van der Waals surface area contributed by atoms with Crippen LogP contribution in [0.3, 0.4) is 0 Å². The molecule has 19 heavy (non-hydrogen) atoms. The van der Waals surface area contributed by atoms with E-state index < -0.39 is 0 Å². The smallest absolute Gasteiger partial charge is 0.145 e. The second kappa shape index (κ2) is 6.15. The van der Waals surface area contributed by atoms with Gasteiger partial charge in [0.25, 0.3) is 0 Å². The van der Waals surface area contributed by atoms with Crippen molar-refractivity contribution in [1.82, 2.24) is 0 Å². The number of nitrogens with one attached hydrogen (secondary N) is 1. The summed E-state index contributed by atoms with van der Waals surface area (Å²) in [6.07, 6.45) is 0. The zero-order valence-corrected chi connectivity index (χ0v) is 11.0. The van der Waals surface area contributed by atoms with Gasteiger partial charge in [-0.1, -0.05) is 0 Å². The molecule has 5 heteroatoms. The third kappa shape index (κ3) is 3.20. The highest BCUT2D eigenvalue weighted by Gasteiger charge is 2.06. The normalized spacial score (nSPS) is 10.3. The average molecular weight is 263 g/mol. The Kier molecular flexibility index (Phi) is 4.30. The summed E-state index contributed by atoms with van der Waals surface area (Å²) in [7, 11) is 3.22. The number of anilines is 1. The number of furan rings is 1. The van der Waals surface area contributed by atoms with Gasteiger partial charge in [0.15, 0.2) is 0 Å². The molecular formula is C14H17NO4. The molecule has 0 fully saturated rings. The summed E-state index contributed by atoms with van der Waals surface area (Å²) >= 11 is 0. The van der Waals surface area contributed by atoms with Gasteiger partial charge < -0.3 is 24.3 Å². The quantitative estimate of drug-likeness (QED) is 0.838. The summed E-state index contributed by atoms with van der Waals surface area (Å²) in [6.45, 7) is 0.425. The number of methoxy groups -OCH3 is 2. The highest BCUT2D eigenvalue weighted by atomic mass is 16.5. The lowest BCUT2D eigenvalue weighted by atomic mass is 10.2.